The number of nitrogens with one attached hydrogen (secondary N) is 1. The third kappa shape index (κ3) is 4.69. The highest BCUT2D eigenvalue weighted by Crippen LogP contribution is 2.18. The van der Waals surface area contributed by atoms with Gasteiger partial charge in [0.05, 0.1) is 6.04 Å². The number of aromatic nitrogens is 2. The minimum Gasteiger partial charge on any atom is -0.468 e. The fourth-order valence-electron chi connectivity index (χ4n) is 1.56. The maximum atomic E-state index is 12.1. The molecule has 22 heavy (non-hydrogen) atoms. The van der Waals surface area contributed by atoms with Gasteiger partial charge in [-0.1, -0.05) is 6.07 Å². The average molecular weight is 331 g/mol. The van der Waals surface area contributed by atoms with Gasteiger partial charge in [-0.3, -0.25) is 4.79 Å². The van der Waals surface area contributed by atoms with Crippen molar-refractivity contribution in [2.45, 2.75) is 19.1 Å². The molecule has 2 aromatic heterocycles. The fourth-order valence-corrected chi connectivity index (χ4v) is 2.20. The van der Waals surface area contributed by atoms with E-state index in [1.807, 2.05) is 0 Å². The number of thiazole rings is 1. The van der Waals surface area contributed by atoms with Crippen molar-refractivity contribution in [2.24, 2.45) is 0 Å². The van der Waals surface area contributed by atoms with Crippen molar-refractivity contribution < 1.29 is 22.7 Å². The predicted molar refractivity (Wildman–Crippen MR) is 73.8 cm³/mol. The van der Waals surface area contributed by atoms with Crippen LogP contribution >= 0.6 is 11.3 Å². The maximum Gasteiger partial charge on any atom is 0.422 e. The van der Waals surface area contributed by atoms with Crippen molar-refractivity contribution in [1.29, 1.82) is 0 Å². The fraction of sp³-hybridized carbons (Fsp3) is 0.308. The van der Waals surface area contributed by atoms with E-state index in [9.17, 15) is 18.0 Å². The van der Waals surface area contributed by atoms with E-state index in [0.29, 0.717) is 0 Å². The first kappa shape index (κ1) is 16.2. The number of rotatable bonds is 5. The van der Waals surface area contributed by atoms with Gasteiger partial charge in [0, 0.05) is 17.6 Å². The number of hydrogen-bond acceptors (Lipinski definition) is 5. The van der Waals surface area contributed by atoms with E-state index in [-0.39, 0.29) is 17.6 Å². The van der Waals surface area contributed by atoms with Gasteiger partial charge < -0.3 is 10.1 Å². The van der Waals surface area contributed by atoms with Crippen LogP contribution in [0.5, 0.6) is 5.88 Å². The zero-order valence-corrected chi connectivity index (χ0v) is 12.2. The first-order valence-electron chi connectivity index (χ1n) is 6.22. The number of halogens is 3. The van der Waals surface area contributed by atoms with Crippen LogP contribution in [0.1, 0.15) is 28.5 Å². The summed E-state index contributed by atoms with van der Waals surface area (Å²) in [6.45, 7) is 0.293. The van der Waals surface area contributed by atoms with E-state index in [0.717, 1.165) is 5.01 Å². The van der Waals surface area contributed by atoms with Crippen LogP contribution in [-0.2, 0) is 0 Å². The Morgan fingerprint density at radius 1 is 1.45 bits per heavy atom. The summed E-state index contributed by atoms with van der Waals surface area (Å²) in [5.74, 6) is -0.771. The zero-order chi connectivity index (χ0) is 16.2. The SMILES string of the molecule is C[C@H](NC(=O)c1cccc(OCC(F)(F)F)n1)c1nccs1. The summed E-state index contributed by atoms with van der Waals surface area (Å²) in [6, 6.07) is 3.73. The highest BCUT2D eigenvalue weighted by atomic mass is 32.1. The zero-order valence-electron chi connectivity index (χ0n) is 11.4. The highest BCUT2D eigenvalue weighted by molar-refractivity contribution is 7.09. The van der Waals surface area contributed by atoms with Crippen LogP contribution < -0.4 is 10.1 Å². The van der Waals surface area contributed by atoms with Crippen molar-refractivity contribution in [1.82, 2.24) is 15.3 Å². The number of amides is 1. The molecule has 0 aliphatic carbocycles. The van der Waals surface area contributed by atoms with Crippen molar-refractivity contribution in [3.05, 3.63) is 40.5 Å². The number of hydrogen-bond donors (Lipinski definition) is 1. The molecule has 0 bridgehead atoms. The van der Waals surface area contributed by atoms with Gasteiger partial charge in [0.25, 0.3) is 5.91 Å². The van der Waals surface area contributed by atoms with Crippen LogP contribution in [0, 0.1) is 0 Å². The lowest BCUT2D eigenvalue weighted by atomic mass is 10.3. The molecule has 1 N–H and O–H groups in total. The minimum atomic E-state index is -4.46. The van der Waals surface area contributed by atoms with E-state index in [1.165, 1.54) is 29.5 Å². The van der Waals surface area contributed by atoms with Gasteiger partial charge in [-0.2, -0.15) is 13.2 Å². The van der Waals surface area contributed by atoms with Crippen LogP contribution in [0.2, 0.25) is 0 Å². The second-order valence-electron chi connectivity index (χ2n) is 4.33. The smallest absolute Gasteiger partial charge is 0.422 e. The number of carbonyl (C=O) groups excluding carboxylic acids is 1. The Kier molecular flexibility index (Phi) is 4.96. The predicted octanol–water partition coefficient (Wildman–Crippen LogP) is 2.97. The Bertz CT molecular complexity index is 632. The van der Waals surface area contributed by atoms with Crippen molar-refractivity contribution in [2.75, 3.05) is 6.61 Å². The summed E-state index contributed by atoms with van der Waals surface area (Å²) in [4.78, 5) is 19.9. The quantitative estimate of drug-likeness (QED) is 0.915. The lowest BCUT2D eigenvalue weighted by molar-refractivity contribution is -0.154. The third-order valence-electron chi connectivity index (χ3n) is 2.51. The average Bonchev–Trinajstić information content (AvgIpc) is 2.99. The van der Waals surface area contributed by atoms with Crippen molar-refractivity contribution >= 4 is 17.2 Å². The molecule has 0 aromatic carbocycles. The molecule has 1 atom stereocenters. The third-order valence-corrected chi connectivity index (χ3v) is 3.47. The largest absolute Gasteiger partial charge is 0.468 e. The molecule has 2 heterocycles. The molecular weight excluding hydrogens is 319 g/mol. The molecule has 0 fully saturated rings. The van der Waals surface area contributed by atoms with E-state index >= 15 is 0 Å². The molecule has 2 aromatic rings. The second kappa shape index (κ2) is 6.73. The van der Waals surface area contributed by atoms with Gasteiger partial charge in [-0.05, 0) is 13.0 Å². The minimum absolute atomic E-state index is 0.0249. The van der Waals surface area contributed by atoms with Gasteiger partial charge >= 0.3 is 6.18 Å². The van der Waals surface area contributed by atoms with Gasteiger partial charge in [0.15, 0.2) is 6.61 Å². The summed E-state index contributed by atoms with van der Waals surface area (Å²) in [7, 11) is 0. The van der Waals surface area contributed by atoms with E-state index in [4.69, 9.17) is 0 Å². The molecule has 0 aliphatic heterocycles. The number of nitrogens with zero attached hydrogens (tertiary/aromatic N) is 2. The van der Waals surface area contributed by atoms with E-state index < -0.39 is 18.7 Å². The Morgan fingerprint density at radius 2 is 2.23 bits per heavy atom. The van der Waals surface area contributed by atoms with Crippen LogP contribution in [0.25, 0.3) is 0 Å². The molecule has 2 rings (SSSR count). The molecule has 0 unspecified atom stereocenters. The Morgan fingerprint density at radius 3 is 2.86 bits per heavy atom. The molecular formula is C13H12F3N3O2S. The number of carbonyl (C=O) groups is 1. The van der Waals surface area contributed by atoms with Gasteiger partial charge in [0.2, 0.25) is 5.88 Å². The van der Waals surface area contributed by atoms with Crippen LogP contribution in [0.3, 0.4) is 0 Å². The topological polar surface area (TPSA) is 64.1 Å². The summed E-state index contributed by atoms with van der Waals surface area (Å²) in [6.07, 6.45) is -2.84. The summed E-state index contributed by atoms with van der Waals surface area (Å²) < 4.78 is 40.8. The van der Waals surface area contributed by atoms with Crippen LogP contribution in [0.4, 0.5) is 13.2 Å². The van der Waals surface area contributed by atoms with Crippen molar-refractivity contribution in [3.63, 3.8) is 0 Å². The number of alkyl halides is 3. The van der Waals surface area contributed by atoms with Gasteiger partial charge in [-0.15, -0.1) is 11.3 Å². The molecule has 1 amide bonds. The molecule has 0 radical (unpaired) electrons. The second-order valence-corrected chi connectivity index (χ2v) is 5.26. The summed E-state index contributed by atoms with van der Waals surface area (Å²) >= 11 is 1.39. The first-order valence-corrected chi connectivity index (χ1v) is 7.10. The van der Waals surface area contributed by atoms with E-state index in [2.05, 4.69) is 20.0 Å². The Hall–Kier alpha value is -2.16. The lowest BCUT2D eigenvalue weighted by Crippen LogP contribution is -2.27. The van der Waals surface area contributed by atoms with Gasteiger partial charge in [-0.25, -0.2) is 9.97 Å². The number of pyridine rings is 1. The molecule has 9 heteroatoms. The number of ether oxygens (including phenoxy) is 1. The van der Waals surface area contributed by atoms with Gasteiger partial charge in [0.1, 0.15) is 10.7 Å². The summed E-state index contributed by atoms with van der Waals surface area (Å²) in [5, 5.41) is 5.17. The first-order chi connectivity index (χ1) is 10.3. The van der Waals surface area contributed by atoms with Crippen LogP contribution in [-0.4, -0.2) is 28.7 Å². The molecule has 0 aliphatic rings. The molecule has 118 valence electrons. The standard InChI is InChI=1S/C13H12F3N3O2S/c1-8(12-17-5-6-22-12)18-11(20)9-3-2-4-10(19-9)21-7-13(14,15)16/h2-6,8H,7H2,1H3,(H,18,20)/t8-/m0/s1. The molecule has 0 saturated heterocycles. The van der Waals surface area contributed by atoms with Crippen molar-refractivity contribution in [3.8, 4) is 5.88 Å². The monoisotopic (exact) mass is 331 g/mol. The summed E-state index contributed by atoms with van der Waals surface area (Å²) in [5.41, 5.74) is -0.0249. The van der Waals surface area contributed by atoms with Crippen LogP contribution in [0.15, 0.2) is 29.8 Å². The van der Waals surface area contributed by atoms with E-state index in [1.54, 1.807) is 18.5 Å². The molecule has 0 spiro atoms. The lowest BCUT2D eigenvalue weighted by Gasteiger charge is -2.12. The highest BCUT2D eigenvalue weighted by Gasteiger charge is 2.28. The molecule has 5 nitrogen and oxygen atoms in total. The Balaban J connectivity index is 2.01. The Labute approximate surface area is 128 Å². The maximum absolute atomic E-state index is 12.1. The normalized spacial score (nSPS) is 12.7. The molecule has 0 saturated carbocycles.